The number of rotatable bonds is 8. The predicted molar refractivity (Wildman–Crippen MR) is 169 cm³/mol. The van der Waals surface area contributed by atoms with Crippen molar-refractivity contribution in [1.82, 2.24) is 14.9 Å². The SMILES string of the molecule is CC(=O)N1CCC(C(=O)N(CCCN2CC3CN(OC(=O)Nc4c(C)cccc4C)CC3C2)c2ccc(C)c(Cl)c2)CC1. The molecule has 3 fully saturated rings. The number of likely N-dealkylation sites (tertiary alicyclic amines) is 2. The lowest BCUT2D eigenvalue weighted by Gasteiger charge is -2.34. The molecule has 232 valence electrons. The molecule has 10 heteroatoms. The predicted octanol–water partition coefficient (Wildman–Crippen LogP) is 5.27. The summed E-state index contributed by atoms with van der Waals surface area (Å²) in [4.78, 5) is 50.0. The number of fused-ring (bicyclic) bond motifs is 1. The number of aryl methyl sites for hydroxylation is 3. The van der Waals surface area contributed by atoms with E-state index in [-0.39, 0.29) is 17.7 Å². The lowest BCUT2D eigenvalue weighted by molar-refractivity contribution is -0.133. The van der Waals surface area contributed by atoms with Crippen molar-refractivity contribution in [3.63, 3.8) is 0 Å². The number of piperidine rings is 1. The van der Waals surface area contributed by atoms with E-state index >= 15 is 0 Å². The minimum Gasteiger partial charge on any atom is -0.351 e. The normalized spacial score (nSPS) is 21.1. The molecule has 3 aliphatic heterocycles. The Morgan fingerprint density at radius 3 is 2.21 bits per heavy atom. The highest BCUT2D eigenvalue weighted by Gasteiger charge is 2.41. The van der Waals surface area contributed by atoms with Gasteiger partial charge >= 0.3 is 6.09 Å². The van der Waals surface area contributed by atoms with Crippen molar-refractivity contribution in [1.29, 1.82) is 0 Å². The molecule has 3 amide bonds. The third kappa shape index (κ3) is 7.51. The summed E-state index contributed by atoms with van der Waals surface area (Å²) < 4.78 is 0. The van der Waals surface area contributed by atoms with Gasteiger partial charge in [-0.2, -0.15) is 0 Å². The van der Waals surface area contributed by atoms with Gasteiger partial charge in [-0.05, 0) is 87.2 Å². The minimum absolute atomic E-state index is 0.0683. The van der Waals surface area contributed by atoms with Gasteiger partial charge in [0.15, 0.2) is 0 Å². The van der Waals surface area contributed by atoms with Gasteiger partial charge in [0.25, 0.3) is 0 Å². The van der Waals surface area contributed by atoms with E-state index in [0.717, 1.165) is 67.2 Å². The van der Waals surface area contributed by atoms with Crippen molar-refractivity contribution in [3.05, 3.63) is 58.1 Å². The van der Waals surface area contributed by atoms with Crippen LogP contribution in [0.25, 0.3) is 0 Å². The average Bonchev–Trinajstić information content (AvgIpc) is 3.52. The molecule has 0 aromatic heterocycles. The number of benzene rings is 2. The molecular formula is C33H44ClN5O4. The number of amides is 3. The number of nitrogens with one attached hydrogen (secondary N) is 1. The molecule has 43 heavy (non-hydrogen) atoms. The Morgan fingerprint density at radius 2 is 1.60 bits per heavy atom. The highest BCUT2D eigenvalue weighted by Crippen LogP contribution is 2.32. The molecular weight excluding hydrogens is 566 g/mol. The zero-order chi connectivity index (χ0) is 30.7. The van der Waals surface area contributed by atoms with E-state index in [0.29, 0.717) is 49.3 Å². The molecule has 9 nitrogen and oxygen atoms in total. The summed E-state index contributed by atoms with van der Waals surface area (Å²) in [6, 6.07) is 11.8. The van der Waals surface area contributed by atoms with Gasteiger partial charge in [-0.3, -0.25) is 14.9 Å². The summed E-state index contributed by atoms with van der Waals surface area (Å²) in [7, 11) is 0. The Labute approximate surface area is 260 Å². The number of carbonyl (C=O) groups excluding carboxylic acids is 3. The van der Waals surface area contributed by atoms with E-state index in [2.05, 4.69) is 10.2 Å². The summed E-state index contributed by atoms with van der Waals surface area (Å²) in [6.07, 6.45) is 1.78. The number of hydrogen-bond donors (Lipinski definition) is 1. The molecule has 2 atom stereocenters. The summed E-state index contributed by atoms with van der Waals surface area (Å²) >= 11 is 6.46. The van der Waals surface area contributed by atoms with Crippen LogP contribution in [0.2, 0.25) is 5.02 Å². The fourth-order valence-corrected chi connectivity index (χ4v) is 6.96. The molecule has 2 aromatic carbocycles. The van der Waals surface area contributed by atoms with E-state index in [1.165, 1.54) is 0 Å². The number of nitrogens with zero attached hydrogens (tertiary/aromatic N) is 4. The quantitative estimate of drug-likeness (QED) is 0.439. The maximum absolute atomic E-state index is 13.7. The Morgan fingerprint density at radius 1 is 0.953 bits per heavy atom. The first-order valence-electron chi connectivity index (χ1n) is 15.4. The average molecular weight is 610 g/mol. The number of halogens is 1. The Bertz CT molecular complexity index is 1310. The smallest absolute Gasteiger partial charge is 0.351 e. The van der Waals surface area contributed by atoms with Crippen LogP contribution in [0.3, 0.4) is 0 Å². The van der Waals surface area contributed by atoms with Crippen molar-refractivity contribution >= 4 is 40.9 Å². The fraction of sp³-hybridized carbons (Fsp3) is 0.545. The zero-order valence-electron chi connectivity index (χ0n) is 25.8. The van der Waals surface area contributed by atoms with Crippen molar-refractivity contribution in [2.24, 2.45) is 17.8 Å². The molecule has 2 aromatic rings. The first-order chi connectivity index (χ1) is 20.6. The van der Waals surface area contributed by atoms with Crippen molar-refractivity contribution < 1.29 is 19.2 Å². The second kappa shape index (κ2) is 13.7. The standard InChI is InChI=1S/C33H44ClN5O4/c1-22-9-10-29(17-30(22)34)39(32(41)26-11-15-37(16-12-26)25(4)40)14-6-13-36-18-27-20-38(21-28(27)19-36)43-33(42)35-31-23(2)7-5-8-24(31)3/h5,7-10,17,26-28H,6,11-16,18-21H2,1-4H3,(H,35,42). The Balaban J connectivity index is 1.11. The van der Waals surface area contributed by atoms with Crippen molar-refractivity contribution in [2.45, 2.75) is 47.0 Å². The van der Waals surface area contributed by atoms with Crippen LogP contribution in [-0.4, -0.2) is 85.1 Å². The topological polar surface area (TPSA) is 85.4 Å². The van der Waals surface area contributed by atoms with Crippen LogP contribution in [0.5, 0.6) is 0 Å². The Hall–Kier alpha value is -3.14. The van der Waals surface area contributed by atoms with E-state index in [1.807, 2.05) is 67.0 Å². The van der Waals surface area contributed by atoms with Gasteiger partial charge in [0.1, 0.15) is 0 Å². The molecule has 5 rings (SSSR count). The highest BCUT2D eigenvalue weighted by molar-refractivity contribution is 6.31. The number of carbonyl (C=O) groups is 3. The van der Waals surface area contributed by atoms with Gasteiger partial charge in [0.2, 0.25) is 11.8 Å². The molecule has 0 aliphatic carbocycles. The third-order valence-corrected chi connectivity index (χ3v) is 9.73. The van der Waals surface area contributed by atoms with Crippen LogP contribution in [0.1, 0.15) is 42.9 Å². The van der Waals surface area contributed by atoms with Gasteiger partial charge in [-0.1, -0.05) is 35.9 Å². The second-order valence-corrected chi connectivity index (χ2v) is 12.9. The number of anilines is 2. The minimum atomic E-state index is -0.442. The van der Waals surface area contributed by atoms with Crippen molar-refractivity contribution in [3.8, 4) is 0 Å². The summed E-state index contributed by atoms with van der Waals surface area (Å²) in [5.41, 5.74) is 4.64. The molecule has 3 saturated heterocycles. The molecule has 3 heterocycles. The van der Waals surface area contributed by atoms with Gasteiger partial charge < -0.3 is 19.5 Å². The molecule has 0 bridgehead atoms. The van der Waals surface area contributed by atoms with E-state index in [9.17, 15) is 14.4 Å². The van der Waals surface area contributed by atoms with Crippen LogP contribution in [0, 0.1) is 38.5 Å². The zero-order valence-corrected chi connectivity index (χ0v) is 26.5. The second-order valence-electron chi connectivity index (χ2n) is 12.5. The van der Waals surface area contributed by atoms with Gasteiger partial charge in [-0.15, -0.1) is 5.06 Å². The monoisotopic (exact) mass is 609 g/mol. The largest absolute Gasteiger partial charge is 0.430 e. The number of hydrogen-bond acceptors (Lipinski definition) is 6. The van der Waals surface area contributed by atoms with Crippen molar-refractivity contribution in [2.75, 3.05) is 62.6 Å². The number of para-hydroxylation sites is 1. The third-order valence-electron chi connectivity index (χ3n) is 9.33. The van der Waals surface area contributed by atoms with Gasteiger partial charge in [0, 0.05) is 75.1 Å². The molecule has 0 spiro atoms. The van der Waals surface area contributed by atoms with Crippen LogP contribution in [0.4, 0.5) is 16.2 Å². The first-order valence-corrected chi connectivity index (χ1v) is 15.8. The van der Waals surface area contributed by atoms with Gasteiger partial charge in [0.05, 0.1) is 0 Å². The van der Waals surface area contributed by atoms with Crippen LogP contribution >= 0.6 is 11.6 Å². The lowest BCUT2D eigenvalue weighted by atomic mass is 9.94. The maximum atomic E-state index is 13.7. The van der Waals surface area contributed by atoms with Crippen LogP contribution < -0.4 is 10.2 Å². The molecule has 0 saturated carbocycles. The fourth-order valence-electron chi connectivity index (χ4n) is 6.79. The summed E-state index contributed by atoms with van der Waals surface area (Å²) in [5.74, 6) is 0.994. The molecule has 3 aliphatic rings. The van der Waals surface area contributed by atoms with E-state index < -0.39 is 6.09 Å². The summed E-state index contributed by atoms with van der Waals surface area (Å²) in [6.45, 7) is 13.6. The molecule has 2 unspecified atom stereocenters. The number of hydroxylamine groups is 2. The maximum Gasteiger partial charge on any atom is 0.430 e. The first kappa shape index (κ1) is 31.3. The molecule has 1 N–H and O–H groups in total. The molecule has 0 radical (unpaired) electrons. The van der Waals surface area contributed by atoms with Crippen LogP contribution in [-0.2, 0) is 14.4 Å². The lowest BCUT2D eigenvalue weighted by Crippen LogP contribution is -2.44. The summed E-state index contributed by atoms with van der Waals surface area (Å²) in [5, 5.41) is 5.36. The highest BCUT2D eigenvalue weighted by atomic mass is 35.5. The van der Waals surface area contributed by atoms with Crippen LogP contribution in [0.15, 0.2) is 36.4 Å². The Kier molecular flexibility index (Phi) is 9.94. The van der Waals surface area contributed by atoms with E-state index in [4.69, 9.17) is 16.4 Å². The van der Waals surface area contributed by atoms with Gasteiger partial charge in [-0.25, -0.2) is 4.79 Å². The van der Waals surface area contributed by atoms with E-state index in [1.54, 1.807) is 12.0 Å².